The van der Waals surface area contributed by atoms with E-state index in [1.807, 2.05) is 13.8 Å². The van der Waals surface area contributed by atoms with Gasteiger partial charge in [0.2, 0.25) is 0 Å². The molecule has 0 fully saturated rings. The molecule has 0 aromatic heterocycles. The van der Waals surface area contributed by atoms with Gasteiger partial charge in [0, 0.05) is 13.2 Å². The van der Waals surface area contributed by atoms with Crippen LogP contribution in [0.1, 0.15) is 26.7 Å². The van der Waals surface area contributed by atoms with Gasteiger partial charge < -0.3 is 4.74 Å². The highest BCUT2D eigenvalue weighted by Crippen LogP contribution is 1.93. The topological polar surface area (TPSA) is 81.4 Å². The van der Waals surface area contributed by atoms with Gasteiger partial charge in [0.15, 0.2) is 0 Å². The van der Waals surface area contributed by atoms with Crippen LogP contribution in [0.25, 0.3) is 0 Å². The number of unbranched alkanes of at least 4 members (excludes halogenated alkanes) is 1. The fraction of sp³-hybridized carbons (Fsp3) is 1.00. The predicted molar refractivity (Wildman–Crippen MR) is 51.4 cm³/mol. The smallest absolute Gasteiger partial charge is 0.274 e. The molecule has 0 heterocycles. The van der Waals surface area contributed by atoms with E-state index in [0.29, 0.717) is 13.2 Å². The lowest BCUT2D eigenvalue weighted by atomic mass is 10.3. The van der Waals surface area contributed by atoms with Crippen molar-refractivity contribution in [3.05, 3.63) is 0 Å². The van der Waals surface area contributed by atoms with E-state index in [1.54, 1.807) is 0 Å². The van der Waals surface area contributed by atoms with Gasteiger partial charge in [-0.25, -0.2) is 9.86 Å². The third-order valence-corrected chi connectivity index (χ3v) is 1.93. The minimum atomic E-state index is -3.52. The fourth-order valence-electron chi connectivity index (χ4n) is 0.761. The van der Waals surface area contributed by atoms with Crippen molar-refractivity contribution in [2.75, 3.05) is 13.2 Å². The second-order valence-electron chi connectivity index (χ2n) is 3.07. The molecule has 0 radical (unpaired) electrons. The standard InChI is InChI=1S/C7H18N2O3S/c1-7(2)12-6-4-3-5-9-13(8,10)11/h7,9H,3-6H2,1-2H3,(H2,8,10,11). The average molecular weight is 210 g/mol. The van der Waals surface area contributed by atoms with Crippen LogP contribution >= 0.6 is 0 Å². The first kappa shape index (κ1) is 12.8. The van der Waals surface area contributed by atoms with Gasteiger partial charge in [0.25, 0.3) is 10.2 Å². The summed E-state index contributed by atoms with van der Waals surface area (Å²) in [6.45, 7) is 4.95. The van der Waals surface area contributed by atoms with Crippen molar-refractivity contribution in [3.63, 3.8) is 0 Å². The van der Waals surface area contributed by atoms with E-state index in [0.717, 1.165) is 12.8 Å². The highest BCUT2D eigenvalue weighted by molar-refractivity contribution is 7.87. The second-order valence-corrected chi connectivity index (χ2v) is 4.44. The highest BCUT2D eigenvalue weighted by Gasteiger charge is 1.99. The molecule has 0 aliphatic carbocycles. The van der Waals surface area contributed by atoms with Gasteiger partial charge in [-0.1, -0.05) is 0 Å². The summed E-state index contributed by atoms with van der Waals surface area (Å²) in [5.74, 6) is 0. The van der Waals surface area contributed by atoms with Crippen LogP contribution in [-0.4, -0.2) is 27.7 Å². The maximum atomic E-state index is 10.4. The van der Waals surface area contributed by atoms with Gasteiger partial charge in [-0.05, 0) is 26.7 Å². The summed E-state index contributed by atoms with van der Waals surface area (Å²) in [7, 11) is -3.52. The van der Waals surface area contributed by atoms with Crippen LogP contribution in [-0.2, 0) is 14.9 Å². The molecule has 0 spiro atoms. The molecule has 0 aromatic rings. The van der Waals surface area contributed by atoms with Gasteiger partial charge in [-0.2, -0.15) is 8.42 Å². The molecule has 3 N–H and O–H groups in total. The first-order valence-corrected chi connectivity index (χ1v) is 5.85. The van der Waals surface area contributed by atoms with E-state index in [-0.39, 0.29) is 6.10 Å². The maximum absolute atomic E-state index is 10.4. The predicted octanol–water partition coefficient (Wildman–Crippen LogP) is -0.0153. The van der Waals surface area contributed by atoms with Crippen molar-refractivity contribution in [1.82, 2.24) is 4.72 Å². The van der Waals surface area contributed by atoms with Crippen LogP contribution in [0, 0.1) is 0 Å². The summed E-state index contributed by atoms with van der Waals surface area (Å²) in [6.07, 6.45) is 1.80. The summed E-state index contributed by atoms with van der Waals surface area (Å²) in [5.41, 5.74) is 0. The monoisotopic (exact) mass is 210 g/mol. The molecule has 0 saturated heterocycles. The molecule has 0 rings (SSSR count). The van der Waals surface area contributed by atoms with Crippen LogP contribution in [0.15, 0.2) is 0 Å². The fourth-order valence-corrected chi connectivity index (χ4v) is 1.19. The summed E-state index contributed by atoms with van der Waals surface area (Å²) in [6, 6.07) is 0. The molecule has 5 nitrogen and oxygen atoms in total. The maximum Gasteiger partial charge on any atom is 0.274 e. The number of hydrogen-bond acceptors (Lipinski definition) is 3. The average Bonchev–Trinajstić information content (AvgIpc) is 1.93. The summed E-state index contributed by atoms with van der Waals surface area (Å²) >= 11 is 0. The summed E-state index contributed by atoms with van der Waals surface area (Å²) in [5, 5.41) is 4.73. The molecule has 6 heteroatoms. The van der Waals surface area contributed by atoms with Crippen molar-refractivity contribution in [2.45, 2.75) is 32.8 Å². The molecule has 0 aliphatic rings. The Bertz CT molecular complexity index is 214. The Labute approximate surface area is 79.8 Å². The Morgan fingerprint density at radius 3 is 2.46 bits per heavy atom. The van der Waals surface area contributed by atoms with E-state index in [1.165, 1.54) is 0 Å². The first-order valence-electron chi connectivity index (χ1n) is 4.31. The van der Waals surface area contributed by atoms with Crippen molar-refractivity contribution in [2.24, 2.45) is 5.14 Å². The minimum Gasteiger partial charge on any atom is -0.379 e. The quantitative estimate of drug-likeness (QED) is 0.580. The molecule has 0 bridgehead atoms. The van der Waals surface area contributed by atoms with Crippen LogP contribution in [0.5, 0.6) is 0 Å². The van der Waals surface area contributed by atoms with E-state index in [9.17, 15) is 8.42 Å². The third-order valence-electron chi connectivity index (χ3n) is 1.33. The minimum absolute atomic E-state index is 0.228. The normalized spacial score (nSPS) is 12.3. The van der Waals surface area contributed by atoms with Crippen molar-refractivity contribution in [3.8, 4) is 0 Å². The molecule has 0 amide bonds. The van der Waals surface area contributed by atoms with Gasteiger partial charge in [-0.15, -0.1) is 0 Å². The number of nitrogens with two attached hydrogens (primary N) is 1. The van der Waals surface area contributed by atoms with E-state index >= 15 is 0 Å². The molecule has 0 aromatic carbocycles. The van der Waals surface area contributed by atoms with E-state index < -0.39 is 10.2 Å². The van der Waals surface area contributed by atoms with Crippen LogP contribution in [0.2, 0.25) is 0 Å². The molecule has 80 valence electrons. The second kappa shape index (κ2) is 6.31. The number of rotatable bonds is 7. The van der Waals surface area contributed by atoms with Gasteiger partial charge >= 0.3 is 0 Å². The Balaban J connectivity index is 3.18. The Morgan fingerprint density at radius 2 is 2.00 bits per heavy atom. The third kappa shape index (κ3) is 11.8. The zero-order valence-electron chi connectivity index (χ0n) is 8.12. The molecule has 0 saturated carbocycles. The number of nitrogens with one attached hydrogen (secondary N) is 1. The van der Waals surface area contributed by atoms with Crippen LogP contribution in [0.3, 0.4) is 0 Å². The first-order chi connectivity index (χ1) is 5.92. The van der Waals surface area contributed by atoms with Crippen molar-refractivity contribution in [1.29, 1.82) is 0 Å². The number of hydrogen-bond donors (Lipinski definition) is 2. The van der Waals surface area contributed by atoms with Gasteiger partial charge in [0.05, 0.1) is 6.10 Å². The summed E-state index contributed by atoms with van der Waals surface area (Å²) in [4.78, 5) is 0. The Morgan fingerprint density at radius 1 is 1.38 bits per heavy atom. The SMILES string of the molecule is CC(C)OCCCCNS(N)(=O)=O. The lowest BCUT2D eigenvalue weighted by Crippen LogP contribution is -2.31. The molecular weight excluding hydrogens is 192 g/mol. The number of ether oxygens (including phenoxy) is 1. The summed E-state index contributed by atoms with van der Waals surface area (Å²) < 4.78 is 28.3. The van der Waals surface area contributed by atoms with Crippen molar-refractivity contribution < 1.29 is 13.2 Å². The highest BCUT2D eigenvalue weighted by atomic mass is 32.2. The zero-order valence-corrected chi connectivity index (χ0v) is 8.93. The van der Waals surface area contributed by atoms with Crippen LogP contribution < -0.4 is 9.86 Å². The Kier molecular flexibility index (Phi) is 6.23. The largest absolute Gasteiger partial charge is 0.379 e. The molecule has 0 aliphatic heterocycles. The lowest BCUT2D eigenvalue weighted by Gasteiger charge is -2.06. The van der Waals surface area contributed by atoms with Gasteiger partial charge in [-0.3, -0.25) is 0 Å². The molecule has 0 atom stereocenters. The van der Waals surface area contributed by atoms with E-state index in [4.69, 9.17) is 9.88 Å². The van der Waals surface area contributed by atoms with Crippen LogP contribution in [0.4, 0.5) is 0 Å². The molecule has 0 unspecified atom stereocenters. The molecular formula is C7H18N2O3S. The molecule has 13 heavy (non-hydrogen) atoms. The lowest BCUT2D eigenvalue weighted by molar-refractivity contribution is 0.0762. The van der Waals surface area contributed by atoms with Crippen molar-refractivity contribution >= 4 is 10.2 Å². The van der Waals surface area contributed by atoms with Gasteiger partial charge in [0.1, 0.15) is 0 Å². The Hall–Kier alpha value is -0.170. The van der Waals surface area contributed by atoms with E-state index in [2.05, 4.69) is 4.72 Å². The zero-order chi connectivity index (χ0) is 10.3.